The number of carbonyl (C=O) groups excluding carboxylic acids is 2. The number of carbonyl (C=O) groups is 2. The van der Waals surface area contributed by atoms with Crippen LogP contribution in [0.15, 0.2) is 73.1 Å². The van der Waals surface area contributed by atoms with E-state index in [0.29, 0.717) is 10.8 Å². The molecule has 2 aromatic heterocycles. The van der Waals surface area contributed by atoms with Crippen LogP contribution in [0.2, 0.25) is 5.02 Å². The minimum absolute atomic E-state index is 0. The van der Waals surface area contributed by atoms with Crippen molar-refractivity contribution in [2.75, 3.05) is 11.5 Å². The molecule has 5 N–H and O–H groups in total. The number of rotatable bonds is 6. The highest BCUT2D eigenvalue weighted by atomic mass is 35.5. The lowest BCUT2D eigenvalue weighted by atomic mass is 10.2. The summed E-state index contributed by atoms with van der Waals surface area (Å²) in [5.41, 5.74) is 9.48. The summed E-state index contributed by atoms with van der Waals surface area (Å²) in [4.78, 5) is 51.1. The van der Waals surface area contributed by atoms with Crippen LogP contribution in [0, 0.1) is 20.2 Å². The number of nitrogen functional groups attached to an aromatic ring is 2. The van der Waals surface area contributed by atoms with Crippen molar-refractivity contribution in [1.82, 2.24) is 9.97 Å². The van der Waals surface area contributed by atoms with Crippen molar-refractivity contribution in [2.45, 2.75) is 60.2 Å². The Morgan fingerprint density at radius 1 is 0.720 bits per heavy atom. The topological polar surface area (TPSA) is 246 Å². The van der Waals surface area contributed by atoms with Gasteiger partial charge in [0.2, 0.25) is 0 Å². The van der Waals surface area contributed by atoms with Gasteiger partial charge in [0, 0.05) is 23.5 Å². The van der Waals surface area contributed by atoms with Gasteiger partial charge in [-0.15, -0.1) is 0 Å². The second-order valence-corrected chi connectivity index (χ2v) is 12.3. The van der Waals surface area contributed by atoms with Crippen LogP contribution in [0.3, 0.4) is 0 Å². The summed E-state index contributed by atoms with van der Waals surface area (Å²) in [6.45, 7) is 10.6. The molecule has 4 aromatic rings. The Balaban J connectivity index is 0.000000408. The summed E-state index contributed by atoms with van der Waals surface area (Å²) in [5.74, 6) is -0.690. The number of pyridine rings is 2. The normalized spacial score (nSPS) is 10.5. The van der Waals surface area contributed by atoms with Crippen molar-refractivity contribution in [2.24, 2.45) is 0 Å². The summed E-state index contributed by atoms with van der Waals surface area (Å²) >= 11 is 5.71. The first-order valence-corrected chi connectivity index (χ1v) is 14.5. The van der Waals surface area contributed by atoms with E-state index >= 15 is 0 Å². The summed E-state index contributed by atoms with van der Waals surface area (Å²) in [7, 11) is 0. The first-order chi connectivity index (χ1) is 22.6. The lowest BCUT2D eigenvalue weighted by Gasteiger charge is -2.19. The van der Waals surface area contributed by atoms with Gasteiger partial charge in [0.05, 0.1) is 22.0 Å². The van der Waals surface area contributed by atoms with Gasteiger partial charge in [0.25, 0.3) is 11.4 Å². The number of aromatic hydroxyl groups is 1. The zero-order chi connectivity index (χ0) is 37.1. The highest BCUT2D eigenvalue weighted by molar-refractivity contribution is 6.30. The Hall–Kier alpha value is -6.03. The number of esters is 2. The average molecular weight is 715 g/mol. The Kier molecular flexibility index (Phi) is 15.1. The fourth-order valence-corrected chi connectivity index (χ4v) is 3.49. The number of phenolic OH excluding ortho intramolecular Hbond substituents is 1. The number of aromatic nitrogens is 2. The lowest BCUT2D eigenvalue weighted by molar-refractivity contribution is -0.384. The van der Waals surface area contributed by atoms with Gasteiger partial charge in [-0.2, -0.15) is 0 Å². The van der Waals surface area contributed by atoms with Crippen LogP contribution in [0.25, 0.3) is 0 Å². The monoisotopic (exact) mass is 714 g/mol. The van der Waals surface area contributed by atoms with Crippen LogP contribution >= 0.6 is 11.6 Å². The van der Waals surface area contributed by atoms with Gasteiger partial charge in [0.15, 0.2) is 5.69 Å². The van der Waals surface area contributed by atoms with Crippen molar-refractivity contribution in [1.29, 1.82) is 0 Å². The summed E-state index contributed by atoms with van der Waals surface area (Å²) in [6, 6.07) is 13.7. The van der Waals surface area contributed by atoms with Gasteiger partial charge in [-0.25, -0.2) is 19.6 Å². The number of hydrogen-bond acceptors (Lipinski definition) is 14. The highest BCUT2D eigenvalue weighted by Gasteiger charge is 2.20. The molecular formula is C33H39ClN6O10. The first-order valence-electron chi connectivity index (χ1n) is 14.1. The average Bonchev–Trinajstić information content (AvgIpc) is 2.98. The Labute approximate surface area is 293 Å². The summed E-state index contributed by atoms with van der Waals surface area (Å²) < 4.78 is 15.9. The Morgan fingerprint density at radius 2 is 1.16 bits per heavy atom. The number of anilines is 2. The van der Waals surface area contributed by atoms with E-state index < -0.39 is 33.0 Å². The van der Waals surface area contributed by atoms with Crippen molar-refractivity contribution in [3.05, 3.63) is 110 Å². The van der Waals surface area contributed by atoms with Crippen LogP contribution in [0.1, 0.15) is 69.9 Å². The Bertz CT molecular complexity index is 1820. The van der Waals surface area contributed by atoms with Crippen LogP contribution in [0.4, 0.5) is 22.7 Å². The van der Waals surface area contributed by atoms with E-state index in [4.69, 9.17) is 42.4 Å². The molecule has 0 aliphatic carbocycles. The van der Waals surface area contributed by atoms with Crippen molar-refractivity contribution in [3.63, 3.8) is 0 Å². The molecule has 0 unspecified atom stereocenters. The molecule has 0 fully saturated rings. The fraction of sp³-hybridized carbons (Fsp3) is 0.273. The molecule has 0 saturated carbocycles. The lowest BCUT2D eigenvalue weighted by Crippen LogP contribution is -2.24. The van der Waals surface area contributed by atoms with E-state index in [-0.39, 0.29) is 53.1 Å². The molecule has 17 heteroatoms. The molecule has 0 amide bonds. The van der Waals surface area contributed by atoms with Crippen molar-refractivity contribution < 1.29 is 38.8 Å². The van der Waals surface area contributed by atoms with Gasteiger partial charge in [-0.1, -0.05) is 19.0 Å². The third-order valence-electron chi connectivity index (χ3n) is 5.31. The minimum atomic E-state index is -0.646. The van der Waals surface area contributed by atoms with Crippen molar-refractivity contribution in [3.8, 4) is 17.2 Å². The van der Waals surface area contributed by atoms with E-state index in [1.165, 1.54) is 60.9 Å². The Morgan fingerprint density at radius 3 is 1.62 bits per heavy atom. The molecular weight excluding hydrogens is 676 g/mol. The second-order valence-electron chi connectivity index (χ2n) is 11.8. The first kappa shape index (κ1) is 42.0. The smallest absolute Gasteiger partial charge is 0.357 e. The number of halogens is 1. The second kappa shape index (κ2) is 17.9. The zero-order valence-corrected chi connectivity index (χ0v) is 28.1. The van der Waals surface area contributed by atoms with E-state index in [9.17, 15) is 29.8 Å². The number of nitrogens with two attached hydrogens (primary N) is 2. The minimum Gasteiger partial charge on any atom is -0.508 e. The third kappa shape index (κ3) is 14.4. The maximum absolute atomic E-state index is 12.0. The fourth-order valence-electron chi connectivity index (χ4n) is 3.33. The zero-order valence-electron chi connectivity index (χ0n) is 27.4. The molecule has 0 bridgehead atoms. The molecule has 0 spiro atoms. The number of nitrogens with zero attached hydrogens (tertiary/aromatic N) is 4. The van der Waals surface area contributed by atoms with Crippen LogP contribution in [-0.4, -0.2) is 48.1 Å². The molecule has 16 nitrogen and oxygen atoms in total. The highest BCUT2D eigenvalue weighted by Crippen LogP contribution is 2.30. The van der Waals surface area contributed by atoms with Gasteiger partial charge in [-0.3, -0.25) is 20.2 Å². The molecule has 0 saturated heterocycles. The molecule has 50 heavy (non-hydrogen) atoms. The van der Waals surface area contributed by atoms with E-state index in [0.717, 1.165) is 6.07 Å². The predicted molar refractivity (Wildman–Crippen MR) is 187 cm³/mol. The third-order valence-corrected chi connectivity index (χ3v) is 5.55. The quantitative estimate of drug-likeness (QED) is 0.0574. The maximum Gasteiger partial charge on any atom is 0.357 e. The molecule has 4 rings (SSSR count). The predicted octanol–water partition coefficient (Wildman–Crippen LogP) is 7.53. The SMILES string of the molecule is C.CC(C)(C)OC(=O)c1cc(Cl)ccn1.CC(C)(C)OC(=O)c1cc(Oc2ccc(N)c([N+](=O)[O-])c2)ccn1.Nc1ccc(O)cc1[N+](=O)[O-]. The standard InChI is InChI=1S/C16H17N3O5.C10H12ClNO2.C6H6N2O3.CH4/c1-16(2,3)24-15(20)13-8-11(6-7-18-13)23-10-4-5-12(17)14(9-10)19(21)22;1-10(2,3)14-9(13)8-6-7(11)4-5-12-8;7-5-2-1-4(9)3-6(5)8(10)11;/h4-9H,17H2,1-3H3;4-6H,1-3H3;1-3,9H,7H2;1H4. The summed E-state index contributed by atoms with van der Waals surface area (Å²) in [5, 5.41) is 30.4. The molecule has 0 atom stereocenters. The number of nitro benzene ring substituents is 2. The molecule has 2 heterocycles. The van der Waals surface area contributed by atoms with Gasteiger partial charge in [-0.05, 0) is 84.0 Å². The van der Waals surface area contributed by atoms with Crippen molar-refractivity contribution >= 4 is 46.3 Å². The number of ether oxygens (including phenoxy) is 3. The van der Waals surface area contributed by atoms with Crippen LogP contribution in [-0.2, 0) is 9.47 Å². The van der Waals surface area contributed by atoms with E-state index in [1.807, 2.05) is 0 Å². The molecule has 2 aromatic carbocycles. The molecule has 0 radical (unpaired) electrons. The summed E-state index contributed by atoms with van der Waals surface area (Å²) in [6.07, 6.45) is 2.86. The van der Waals surface area contributed by atoms with E-state index in [1.54, 1.807) is 47.6 Å². The number of hydrogen-bond donors (Lipinski definition) is 3. The largest absolute Gasteiger partial charge is 0.508 e. The van der Waals surface area contributed by atoms with Gasteiger partial charge < -0.3 is 30.8 Å². The van der Waals surface area contributed by atoms with Crippen LogP contribution in [0.5, 0.6) is 17.2 Å². The molecule has 0 aliphatic rings. The van der Waals surface area contributed by atoms with E-state index in [2.05, 4.69) is 9.97 Å². The maximum atomic E-state index is 12.0. The number of benzene rings is 2. The molecule has 0 aliphatic heterocycles. The number of nitro groups is 2. The van der Waals surface area contributed by atoms with Gasteiger partial charge >= 0.3 is 11.9 Å². The number of phenols is 1. The van der Waals surface area contributed by atoms with Gasteiger partial charge in [0.1, 0.15) is 45.5 Å². The van der Waals surface area contributed by atoms with Crippen LogP contribution < -0.4 is 16.2 Å². The molecule has 268 valence electrons.